The Morgan fingerprint density at radius 2 is 2.06 bits per heavy atom. The Morgan fingerprint density at radius 1 is 1.23 bits per heavy atom. The Bertz CT molecular complexity index is 922. The van der Waals surface area contributed by atoms with Crippen molar-refractivity contribution in [1.29, 1.82) is 0 Å². The first kappa shape index (κ1) is 21.8. The van der Waals surface area contributed by atoms with E-state index in [4.69, 9.17) is 21.1 Å². The third kappa shape index (κ3) is 5.65. The van der Waals surface area contributed by atoms with Gasteiger partial charge in [-0.15, -0.1) is 0 Å². The molecule has 0 aliphatic carbocycles. The van der Waals surface area contributed by atoms with Crippen molar-refractivity contribution in [3.8, 4) is 11.3 Å². The minimum absolute atomic E-state index is 0.0181. The first-order valence-corrected chi connectivity index (χ1v) is 10.6. The molecule has 1 atom stereocenters. The fourth-order valence-electron chi connectivity index (χ4n) is 3.46. The van der Waals surface area contributed by atoms with Gasteiger partial charge in [-0.25, -0.2) is 15.0 Å². The number of halogens is 2. The van der Waals surface area contributed by atoms with Crippen molar-refractivity contribution < 1.29 is 18.7 Å². The highest BCUT2D eigenvalue weighted by Crippen LogP contribution is 2.30. The number of pyridine rings is 1. The lowest BCUT2D eigenvalue weighted by Crippen LogP contribution is -2.45. The molecular formula is C20H24ClFN6O3. The Hall–Kier alpha value is -2.40. The van der Waals surface area contributed by atoms with Crippen LogP contribution in [0.5, 0.6) is 0 Å². The van der Waals surface area contributed by atoms with Crippen LogP contribution in [-0.2, 0) is 14.3 Å². The van der Waals surface area contributed by atoms with E-state index in [0.717, 1.165) is 26.1 Å². The number of nitrogens with zero attached hydrogens (tertiary/aromatic N) is 3. The van der Waals surface area contributed by atoms with Crippen LogP contribution >= 0.6 is 11.6 Å². The maximum absolute atomic E-state index is 14.5. The maximum Gasteiger partial charge on any atom is 0.255 e. The van der Waals surface area contributed by atoms with E-state index in [1.165, 1.54) is 18.5 Å². The van der Waals surface area contributed by atoms with E-state index in [1.54, 1.807) is 0 Å². The van der Waals surface area contributed by atoms with Gasteiger partial charge in [-0.2, -0.15) is 4.39 Å². The van der Waals surface area contributed by atoms with E-state index in [0.29, 0.717) is 38.0 Å². The second kappa shape index (κ2) is 10.3. The predicted octanol–water partition coefficient (Wildman–Crippen LogP) is 2.10. The minimum Gasteiger partial charge on any atom is -0.381 e. The second-order valence-corrected chi connectivity index (χ2v) is 7.84. The number of carbonyl (C=O) groups excluding carboxylic acids is 1. The van der Waals surface area contributed by atoms with Crippen LogP contribution in [0.3, 0.4) is 0 Å². The van der Waals surface area contributed by atoms with Gasteiger partial charge in [-0.3, -0.25) is 4.79 Å². The molecule has 166 valence electrons. The summed E-state index contributed by atoms with van der Waals surface area (Å²) in [5.74, 6) is 0.0310. The smallest absolute Gasteiger partial charge is 0.255 e. The van der Waals surface area contributed by atoms with Gasteiger partial charge in [0.2, 0.25) is 5.95 Å². The number of hydrogen-bond donors (Lipinski definition) is 3. The number of amides is 1. The molecule has 3 N–H and O–H groups in total. The molecule has 31 heavy (non-hydrogen) atoms. The summed E-state index contributed by atoms with van der Waals surface area (Å²) >= 11 is 6.26. The molecule has 2 fully saturated rings. The van der Waals surface area contributed by atoms with Gasteiger partial charge < -0.3 is 25.4 Å². The van der Waals surface area contributed by atoms with Gasteiger partial charge in [0.15, 0.2) is 0 Å². The van der Waals surface area contributed by atoms with Crippen molar-refractivity contribution in [3.63, 3.8) is 0 Å². The van der Waals surface area contributed by atoms with Crippen LogP contribution in [0.25, 0.3) is 11.3 Å². The minimum atomic E-state index is -0.762. The molecule has 0 bridgehead atoms. The van der Waals surface area contributed by atoms with E-state index in [2.05, 4.69) is 30.9 Å². The second-order valence-electron chi connectivity index (χ2n) is 7.43. The molecule has 0 saturated carbocycles. The summed E-state index contributed by atoms with van der Waals surface area (Å²) in [7, 11) is 0. The maximum atomic E-state index is 14.5. The van der Waals surface area contributed by atoms with Crippen molar-refractivity contribution in [3.05, 3.63) is 29.4 Å². The Kier molecular flexibility index (Phi) is 7.23. The first-order valence-electron chi connectivity index (χ1n) is 10.2. The Balaban J connectivity index is 1.49. The third-order valence-electron chi connectivity index (χ3n) is 5.22. The van der Waals surface area contributed by atoms with E-state index >= 15 is 0 Å². The van der Waals surface area contributed by atoms with Crippen LogP contribution in [0.4, 0.5) is 16.0 Å². The van der Waals surface area contributed by atoms with E-state index in [9.17, 15) is 9.18 Å². The number of nitrogens with one attached hydrogen (secondary N) is 3. The van der Waals surface area contributed by atoms with Crippen LogP contribution < -0.4 is 16.0 Å². The van der Waals surface area contributed by atoms with E-state index < -0.39 is 12.1 Å². The molecule has 2 saturated heterocycles. The summed E-state index contributed by atoms with van der Waals surface area (Å²) in [6.07, 6.45) is 4.00. The lowest BCUT2D eigenvalue weighted by molar-refractivity contribution is -0.128. The number of rotatable bonds is 6. The Morgan fingerprint density at radius 3 is 2.84 bits per heavy atom. The fourth-order valence-corrected chi connectivity index (χ4v) is 3.65. The van der Waals surface area contributed by atoms with Gasteiger partial charge in [0.25, 0.3) is 5.91 Å². The first-order chi connectivity index (χ1) is 15.1. The zero-order valence-corrected chi connectivity index (χ0v) is 17.6. The highest BCUT2D eigenvalue weighted by molar-refractivity contribution is 6.33. The van der Waals surface area contributed by atoms with Crippen molar-refractivity contribution in [2.24, 2.45) is 5.92 Å². The molecule has 2 aromatic rings. The monoisotopic (exact) mass is 450 g/mol. The Labute approximate surface area is 184 Å². The zero-order valence-electron chi connectivity index (χ0n) is 16.9. The van der Waals surface area contributed by atoms with Crippen LogP contribution in [0, 0.1) is 11.9 Å². The highest BCUT2D eigenvalue weighted by atomic mass is 35.5. The number of ether oxygens (including phenoxy) is 2. The number of aromatic nitrogens is 3. The van der Waals surface area contributed by atoms with Crippen LogP contribution in [0.2, 0.25) is 5.02 Å². The van der Waals surface area contributed by atoms with Gasteiger partial charge in [0, 0.05) is 44.6 Å². The zero-order chi connectivity index (χ0) is 21.6. The number of morpholine rings is 1. The molecule has 11 heteroatoms. The molecule has 2 aliphatic rings. The predicted molar refractivity (Wildman–Crippen MR) is 114 cm³/mol. The number of carbonyl (C=O) groups is 1. The summed E-state index contributed by atoms with van der Waals surface area (Å²) in [6.45, 7) is 3.75. The van der Waals surface area contributed by atoms with Crippen molar-refractivity contribution >= 4 is 29.1 Å². The third-order valence-corrected chi connectivity index (χ3v) is 5.52. The molecule has 2 aromatic heterocycles. The van der Waals surface area contributed by atoms with Gasteiger partial charge in [0.05, 0.1) is 17.8 Å². The molecule has 0 spiro atoms. The molecule has 0 aromatic carbocycles. The summed E-state index contributed by atoms with van der Waals surface area (Å²) < 4.78 is 25.3. The molecule has 1 amide bonds. The highest BCUT2D eigenvalue weighted by Gasteiger charge is 2.23. The summed E-state index contributed by atoms with van der Waals surface area (Å²) in [4.78, 5) is 24.7. The fraction of sp³-hybridized carbons (Fsp3) is 0.500. The average Bonchev–Trinajstić information content (AvgIpc) is 2.81. The molecule has 0 unspecified atom stereocenters. The summed E-state index contributed by atoms with van der Waals surface area (Å²) in [5, 5.41) is 9.18. The van der Waals surface area contributed by atoms with E-state index in [-0.39, 0.29) is 28.0 Å². The quantitative estimate of drug-likeness (QED) is 0.613. The summed E-state index contributed by atoms with van der Waals surface area (Å²) in [5.41, 5.74) is 0.268. The molecular weight excluding hydrogens is 427 g/mol. The largest absolute Gasteiger partial charge is 0.381 e. The average molecular weight is 451 g/mol. The normalized spacial score (nSPS) is 19.7. The van der Waals surface area contributed by atoms with Crippen molar-refractivity contribution in [1.82, 2.24) is 20.3 Å². The molecule has 4 heterocycles. The lowest BCUT2D eigenvalue weighted by atomic mass is 10.0. The van der Waals surface area contributed by atoms with E-state index in [1.807, 2.05) is 0 Å². The SMILES string of the molecule is O=C(Nc1cc(-c2nc(NCC3CCOCC3)cnc2F)c(Cl)cn1)[C@H]1CNCCO1. The number of anilines is 2. The number of hydrogen-bond acceptors (Lipinski definition) is 8. The van der Waals surface area contributed by atoms with Crippen LogP contribution in [0.1, 0.15) is 12.8 Å². The van der Waals surface area contributed by atoms with Gasteiger partial charge in [-0.05, 0) is 24.8 Å². The lowest BCUT2D eigenvalue weighted by Gasteiger charge is -2.22. The van der Waals surface area contributed by atoms with Crippen molar-refractivity contribution in [2.45, 2.75) is 18.9 Å². The summed E-state index contributed by atoms with van der Waals surface area (Å²) in [6, 6.07) is 1.48. The van der Waals surface area contributed by atoms with Crippen LogP contribution in [-0.4, -0.2) is 66.4 Å². The molecule has 0 radical (unpaired) electrons. The van der Waals surface area contributed by atoms with Gasteiger partial charge in [0.1, 0.15) is 23.4 Å². The van der Waals surface area contributed by atoms with Crippen LogP contribution in [0.15, 0.2) is 18.5 Å². The molecule has 4 rings (SSSR count). The van der Waals surface area contributed by atoms with Gasteiger partial charge >= 0.3 is 0 Å². The topological polar surface area (TPSA) is 110 Å². The molecule has 9 nitrogen and oxygen atoms in total. The molecule has 2 aliphatic heterocycles. The van der Waals surface area contributed by atoms with Gasteiger partial charge in [-0.1, -0.05) is 11.6 Å². The van der Waals surface area contributed by atoms with Crippen molar-refractivity contribution in [2.75, 3.05) is 50.1 Å². The standard InChI is InChI=1S/C20H24ClFN6O3/c21-14-9-25-16(28-20(29)15-10-23-3-6-31-15)7-13(14)18-19(22)26-11-17(27-18)24-8-12-1-4-30-5-2-12/h7,9,11-12,15,23H,1-6,8,10H2,(H,24,27)(H,25,28,29)/t15-/m1/s1.